The number of nitrogens with two attached hydrogens (primary N) is 1. The molecule has 0 fully saturated rings. The predicted octanol–water partition coefficient (Wildman–Crippen LogP) is 1.72. The maximum absolute atomic E-state index is 12.1. The average molecular weight is 348 g/mol. The lowest BCUT2D eigenvalue weighted by Gasteiger charge is -2.05. The molecule has 1 aromatic carbocycles. The highest BCUT2D eigenvalue weighted by atomic mass is 16.5. The third-order valence-corrected chi connectivity index (χ3v) is 3.89. The van der Waals surface area contributed by atoms with Crippen molar-refractivity contribution in [3.8, 4) is 5.88 Å². The molecule has 0 saturated heterocycles. The zero-order valence-electron chi connectivity index (χ0n) is 13.8. The second-order valence-electron chi connectivity index (χ2n) is 5.73. The summed E-state index contributed by atoms with van der Waals surface area (Å²) < 4.78 is 7.28. The number of ether oxygens (including phenoxy) is 1. The molecule has 0 aliphatic heterocycles. The summed E-state index contributed by atoms with van der Waals surface area (Å²) in [5.74, 6) is 0.982. The van der Waals surface area contributed by atoms with Crippen LogP contribution in [0, 0.1) is 0 Å². The zero-order chi connectivity index (χ0) is 17.9. The van der Waals surface area contributed by atoms with Gasteiger partial charge in [0.15, 0.2) is 5.65 Å². The minimum atomic E-state index is -0.264. The number of rotatable bonds is 5. The molecule has 130 valence electrons. The minimum absolute atomic E-state index is 0.190. The van der Waals surface area contributed by atoms with Crippen molar-refractivity contribution in [2.75, 3.05) is 5.73 Å². The summed E-state index contributed by atoms with van der Waals surface area (Å²) in [7, 11) is 0. The summed E-state index contributed by atoms with van der Waals surface area (Å²) in [6.45, 7) is 0.633. The molecule has 0 spiro atoms. The molecule has 0 unspecified atom stereocenters. The SMILES string of the molecule is Nc1cccn(Cc2nc3ncnc(OCc4ccccc4)c3[nH]2)c1=O. The molecule has 0 aliphatic rings. The molecule has 0 amide bonds. The van der Waals surface area contributed by atoms with Gasteiger partial charge in [0.25, 0.3) is 5.56 Å². The number of aromatic amines is 1. The lowest BCUT2D eigenvalue weighted by molar-refractivity contribution is 0.297. The Bertz CT molecular complexity index is 1100. The number of imidazole rings is 1. The highest BCUT2D eigenvalue weighted by Crippen LogP contribution is 2.20. The number of nitrogens with one attached hydrogen (secondary N) is 1. The van der Waals surface area contributed by atoms with Gasteiger partial charge in [-0.25, -0.2) is 9.97 Å². The Hall–Kier alpha value is -3.68. The molecule has 4 rings (SSSR count). The fourth-order valence-electron chi connectivity index (χ4n) is 2.61. The van der Waals surface area contributed by atoms with Gasteiger partial charge in [-0.1, -0.05) is 30.3 Å². The van der Waals surface area contributed by atoms with Gasteiger partial charge in [0, 0.05) is 6.20 Å². The number of nitrogen functional groups attached to an aromatic ring is 1. The van der Waals surface area contributed by atoms with Crippen LogP contribution in [0.5, 0.6) is 5.88 Å². The van der Waals surface area contributed by atoms with Crippen LogP contribution < -0.4 is 16.0 Å². The molecule has 4 aromatic rings. The fraction of sp³-hybridized carbons (Fsp3) is 0.111. The first-order valence-corrected chi connectivity index (χ1v) is 8.02. The fourth-order valence-corrected chi connectivity index (χ4v) is 2.61. The van der Waals surface area contributed by atoms with Crippen molar-refractivity contribution in [2.45, 2.75) is 13.2 Å². The normalized spacial score (nSPS) is 10.9. The molecule has 8 heteroatoms. The van der Waals surface area contributed by atoms with E-state index in [0.717, 1.165) is 5.56 Å². The number of H-pyrrole nitrogens is 1. The summed E-state index contributed by atoms with van der Waals surface area (Å²) in [4.78, 5) is 27.9. The molecule has 8 nitrogen and oxygen atoms in total. The molecular weight excluding hydrogens is 332 g/mol. The molecule has 3 aromatic heterocycles. The first-order chi connectivity index (χ1) is 12.7. The molecule has 0 atom stereocenters. The van der Waals surface area contributed by atoms with Gasteiger partial charge in [-0.3, -0.25) is 4.79 Å². The van der Waals surface area contributed by atoms with E-state index in [1.807, 2.05) is 30.3 Å². The van der Waals surface area contributed by atoms with Crippen LogP contribution >= 0.6 is 0 Å². The first-order valence-electron chi connectivity index (χ1n) is 8.02. The maximum Gasteiger partial charge on any atom is 0.274 e. The summed E-state index contributed by atoms with van der Waals surface area (Å²) in [6.07, 6.45) is 3.06. The molecule has 26 heavy (non-hydrogen) atoms. The summed E-state index contributed by atoms with van der Waals surface area (Å²) >= 11 is 0. The van der Waals surface area contributed by atoms with Gasteiger partial charge in [-0.2, -0.15) is 4.98 Å². The predicted molar refractivity (Wildman–Crippen MR) is 96.7 cm³/mol. The van der Waals surface area contributed by atoms with Crippen LogP contribution in [-0.4, -0.2) is 24.5 Å². The Balaban J connectivity index is 1.61. The molecule has 0 bridgehead atoms. The number of benzene rings is 1. The van der Waals surface area contributed by atoms with E-state index in [2.05, 4.69) is 19.9 Å². The van der Waals surface area contributed by atoms with Gasteiger partial charge in [0.2, 0.25) is 5.88 Å². The Morgan fingerprint density at radius 1 is 1.12 bits per heavy atom. The second kappa shape index (κ2) is 6.67. The van der Waals surface area contributed by atoms with Crippen LogP contribution in [0.4, 0.5) is 5.69 Å². The Morgan fingerprint density at radius 2 is 1.96 bits per heavy atom. The van der Waals surface area contributed by atoms with E-state index in [0.29, 0.717) is 29.5 Å². The summed E-state index contributed by atoms with van der Waals surface area (Å²) in [5, 5.41) is 0. The van der Waals surface area contributed by atoms with E-state index in [9.17, 15) is 4.79 Å². The van der Waals surface area contributed by atoms with E-state index in [1.54, 1.807) is 18.3 Å². The van der Waals surface area contributed by atoms with Crippen molar-refractivity contribution in [1.82, 2.24) is 24.5 Å². The number of aromatic nitrogens is 5. The van der Waals surface area contributed by atoms with Crippen molar-refractivity contribution in [3.63, 3.8) is 0 Å². The van der Waals surface area contributed by atoms with Gasteiger partial charge in [0.1, 0.15) is 24.3 Å². The number of pyridine rings is 1. The standard InChI is InChI=1S/C18H16N6O2/c19-13-7-4-8-24(18(13)25)9-14-22-15-16(23-14)20-11-21-17(15)26-10-12-5-2-1-3-6-12/h1-8,11H,9-10,19H2,(H,20,21,22,23). The highest BCUT2D eigenvalue weighted by Gasteiger charge is 2.12. The molecule has 0 radical (unpaired) electrons. The van der Waals surface area contributed by atoms with Crippen LogP contribution in [-0.2, 0) is 13.2 Å². The van der Waals surface area contributed by atoms with E-state index in [-0.39, 0.29) is 17.8 Å². The van der Waals surface area contributed by atoms with Crippen molar-refractivity contribution >= 4 is 16.9 Å². The van der Waals surface area contributed by atoms with Crippen LogP contribution in [0.25, 0.3) is 11.2 Å². The third-order valence-electron chi connectivity index (χ3n) is 3.89. The smallest absolute Gasteiger partial charge is 0.274 e. The van der Waals surface area contributed by atoms with Crippen LogP contribution in [0.3, 0.4) is 0 Å². The van der Waals surface area contributed by atoms with Crippen LogP contribution in [0.2, 0.25) is 0 Å². The second-order valence-corrected chi connectivity index (χ2v) is 5.73. The number of hydrogen-bond acceptors (Lipinski definition) is 6. The zero-order valence-corrected chi connectivity index (χ0v) is 13.8. The van der Waals surface area contributed by atoms with Crippen LogP contribution in [0.15, 0.2) is 59.8 Å². The van der Waals surface area contributed by atoms with Crippen molar-refractivity contribution in [1.29, 1.82) is 0 Å². The maximum atomic E-state index is 12.1. The number of anilines is 1. The lowest BCUT2D eigenvalue weighted by atomic mass is 10.2. The number of nitrogens with zero attached hydrogens (tertiary/aromatic N) is 4. The van der Waals surface area contributed by atoms with Gasteiger partial charge in [-0.15, -0.1) is 0 Å². The van der Waals surface area contributed by atoms with E-state index in [1.165, 1.54) is 10.9 Å². The molecule has 0 aliphatic carbocycles. The Kier molecular flexibility index (Phi) is 4.06. The Labute approximate surface area is 148 Å². The van der Waals surface area contributed by atoms with Gasteiger partial charge < -0.3 is 20.0 Å². The molecule has 3 N–H and O–H groups in total. The monoisotopic (exact) mass is 348 g/mol. The lowest BCUT2D eigenvalue weighted by Crippen LogP contribution is -2.22. The van der Waals surface area contributed by atoms with Crippen LogP contribution in [0.1, 0.15) is 11.4 Å². The molecule has 3 heterocycles. The topological polar surface area (TPSA) is 112 Å². The third kappa shape index (κ3) is 3.12. The number of hydrogen-bond donors (Lipinski definition) is 2. The summed E-state index contributed by atoms with van der Waals surface area (Å²) in [5.41, 5.74) is 7.70. The van der Waals surface area contributed by atoms with Gasteiger partial charge in [0.05, 0.1) is 12.2 Å². The average Bonchev–Trinajstić information content (AvgIpc) is 3.08. The Morgan fingerprint density at radius 3 is 2.81 bits per heavy atom. The number of fused-ring (bicyclic) bond motifs is 1. The molecule has 0 saturated carbocycles. The van der Waals surface area contributed by atoms with E-state index >= 15 is 0 Å². The minimum Gasteiger partial charge on any atom is -0.471 e. The summed E-state index contributed by atoms with van der Waals surface area (Å²) in [6, 6.07) is 13.1. The van der Waals surface area contributed by atoms with Crippen molar-refractivity contribution in [2.24, 2.45) is 0 Å². The first kappa shape index (κ1) is 15.8. The van der Waals surface area contributed by atoms with E-state index < -0.39 is 0 Å². The van der Waals surface area contributed by atoms with Gasteiger partial charge >= 0.3 is 0 Å². The van der Waals surface area contributed by atoms with Crippen molar-refractivity contribution < 1.29 is 4.74 Å². The molecular formula is C18H16N6O2. The largest absolute Gasteiger partial charge is 0.471 e. The highest BCUT2D eigenvalue weighted by molar-refractivity contribution is 5.75. The quantitative estimate of drug-likeness (QED) is 0.568. The van der Waals surface area contributed by atoms with Crippen molar-refractivity contribution in [3.05, 3.63) is 76.7 Å². The van der Waals surface area contributed by atoms with Gasteiger partial charge in [-0.05, 0) is 17.7 Å². The van der Waals surface area contributed by atoms with E-state index in [4.69, 9.17) is 10.5 Å².